The molecule has 138 valence electrons. The summed E-state index contributed by atoms with van der Waals surface area (Å²) in [7, 11) is -3.78. The quantitative estimate of drug-likeness (QED) is 0.897. The van der Waals surface area contributed by atoms with Gasteiger partial charge in [-0.3, -0.25) is 4.79 Å². The maximum atomic E-state index is 13.3. The molecule has 0 saturated heterocycles. The molecule has 6 heteroatoms. The third kappa shape index (κ3) is 3.66. The number of nitrogens with one attached hydrogen (secondary N) is 1. The lowest BCUT2D eigenvalue weighted by Crippen LogP contribution is -2.53. The maximum absolute atomic E-state index is 13.3. The standard InChI is InChI=1S/C20H24N2O3S/c1-14(2)21-20(23)19-12-16-6-4-5-7-17(16)13-22(19)26(24,25)18-10-8-15(3)9-11-18/h4-11,14,19H,12-13H2,1-3H3,(H,21,23)/t19-/m1/s1. The highest BCUT2D eigenvalue weighted by Gasteiger charge is 2.39. The highest BCUT2D eigenvalue weighted by atomic mass is 32.2. The fraction of sp³-hybridized carbons (Fsp3) is 0.350. The molecule has 26 heavy (non-hydrogen) atoms. The summed E-state index contributed by atoms with van der Waals surface area (Å²) in [6.07, 6.45) is 0.375. The molecule has 1 aliphatic heterocycles. The second kappa shape index (κ2) is 7.21. The van der Waals surface area contributed by atoms with E-state index in [0.717, 1.165) is 16.7 Å². The molecular formula is C20H24N2O3S. The van der Waals surface area contributed by atoms with Crippen LogP contribution >= 0.6 is 0 Å². The van der Waals surface area contributed by atoms with Crippen molar-refractivity contribution in [1.29, 1.82) is 0 Å². The summed E-state index contributed by atoms with van der Waals surface area (Å²) >= 11 is 0. The summed E-state index contributed by atoms with van der Waals surface area (Å²) in [4.78, 5) is 13.0. The monoisotopic (exact) mass is 372 g/mol. The average Bonchev–Trinajstić information content (AvgIpc) is 2.60. The van der Waals surface area contributed by atoms with Gasteiger partial charge in [-0.15, -0.1) is 0 Å². The average molecular weight is 372 g/mol. The second-order valence-corrected chi connectivity index (χ2v) is 8.91. The first kappa shape index (κ1) is 18.6. The Labute approximate surface area is 155 Å². The first-order valence-corrected chi connectivity index (χ1v) is 10.2. The Balaban J connectivity index is 2.03. The summed E-state index contributed by atoms with van der Waals surface area (Å²) in [6, 6.07) is 13.6. The molecule has 0 fully saturated rings. The fourth-order valence-corrected chi connectivity index (χ4v) is 4.77. The van der Waals surface area contributed by atoms with Gasteiger partial charge in [0.2, 0.25) is 15.9 Å². The van der Waals surface area contributed by atoms with Crippen LogP contribution < -0.4 is 5.32 Å². The van der Waals surface area contributed by atoms with Crippen molar-refractivity contribution in [2.75, 3.05) is 0 Å². The zero-order chi connectivity index (χ0) is 18.9. The molecule has 1 atom stereocenters. The van der Waals surface area contributed by atoms with Gasteiger partial charge in [-0.05, 0) is 50.5 Å². The van der Waals surface area contributed by atoms with Crippen LogP contribution in [0.3, 0.4) is 0 Å². The molecule has 1 aliphatic rings. The summed E-state index contributed by atoms with van der Waals surface area (Å²) in [5.74, 6) is -0.259. The van der Waals surface area contributed by atoms with Crippen molar-refractivity contribution >= 4 is 15.9 Å². The van der Waals surface area contributed by atoms with E-state index >= 15 is 0 Å². The highest BCUT2D eigenvalue weighted by Crippen LogP contribution is 2.29. The van der Waals surface area contributed by atoms with Crippen LogP contribution in [0.4, 0.5) is 0 Å². The smallest absolute Gasteiger partial charge is 0.244 e. The molecule has 5 nitrogen and oxygen atoms in total. The van der Waals surface area contributed by atoms with Gasteiger partial charge in [0.25, 0.3) is 0 Å². The summed E-state index contributed by atoms with van der Waals surface area (Å²) in [6.45, 7) is 5.84. The van der Waals surface area contributed by atoms with Crippen molar-refractivity contribution in [1.82, 2.24) is 9.62 Å². The minimum Gasteiger partial charge on any atom is -0.353 e. The van der Waals surface area contributed by atoms with E-state index in [1.165, 1.54) is 4.31 Å². The number of sulfonamides is 1. The molecule has 0 spiro atoms. The molecule has 1 N–H and O–H groups in total. The minimum absolute atomic E-state index is 0.0522. The Morgan fingerprint density at radius 3 is 2.31 bits per heavy atom. The van der Waals surface area contributed by atoms with Gasteiger partial charge in [-0.2, -0.15) is 4.31 Å². The summed E-state index contributed by atoms with van der Waals surface area (Å²) in [5.41, 5.74) is 2.95. The molecule has 0 saturated carbocycles. The summed E-state index contributed by atoms with van der Waals surface area (Å²) < 4.78 is 27.8. The van der Waals surface area contributed by atoms with E-state index in [0.29, 0.717) is 6.42 Å². The van der Waals surface area contributed by atoms with Gasteiger partial charge in [0, 0.05) is 12.6 Å². The van der Waals surface area contributed by atoms with Crippen LogP contribution in [0.2, 0.25) is 0 Å². The highest BCUT2D eigenvalue weighted by molar-refractivity contribution is 7.89. The predicted molar refractivity (Wildman–Crippen MR) is 101 cm³/mol. The Hall–Kier alpha value is -2.18. The third-order valence-electron chi connectivity index (χ3n) is 4.57. The van der Waals surface area contributed by atoms with Crippen LogP contribution in [0, 0.1) is 6.92 Å². The van der Waals surface area contributed by atoms with E-state index in [4.69, 9.17) is 0 Å². The molecule has 0 radical (unpaired) electrons. The van der Waals surface area contributed by atoms with E-state index in [9.17, 15) is 13.2 Å². The van der Waals surface area contributed by atoms with Gasteiger partial charge in [0.1, 0.15) is 6.04 Å². The van der Waals surface area contributed by atoms with Crippen molar-refractivity contribution in [3.8, 4) is 0 Å². The van der Waals surface area contributed by atoms with Crippen LogP contribution in [0.1, 0.15) is 30.5 Å². The number of aryl methyl sites for hydroxylation is 1. The number of rotatable bonds is 4. The third-order valence-corrected chi connectivity index (χ3v) is 6.44. The zero-order valence-electron chi connectivity index (χ0n) is 15.3. The predicted octanol–water partition coefficient (Wildman–Crippen LogP) is 2.64. The van der Waals surface area contributed by atoms with Crippen LogP contribution in [0.5, 0.6) is 0 Å². The number of amides is 1. The van der Waals surface area contributed by atoms with Gasteiger partial charge in [-0.1, -0.05) is 42.0 Å². The first-order valence-electron chi connectivity index (χ1n) is 8.74. The topological polar surface area (TPSA) is 66.5 Å². The number of nitrogens with zero attached hydrogens (tertiary/aromatic N) is 1. The number of carbonyl (C=O) groups is 1. The molecule has 1 heterocycles. The lowest BCUT2D eigenvalue weighted by Gasteiger charge is -2.35. The van der Waals surface area contributed by atoms with Gasteiger partial charge >= 0.3 is 0 Å². The molecule has 0 aliphatic carbocycles. The fourth-order valence-electron chi connectivity index (χ4n) is 3.20. The van der Waals surface area contributed by atoms with Crippen molar-refractivity contribution in [2.45, 2.75) is 50.7 Å². The first-order chi connectivity index (χ1) is 12.3. The molecule has 1 amide bonds. The Morgan fingerprint density at radius 2 is 1.69 bits per heavy atom. The molecule has 2 aromatic rings. The van der Waals surface area contributed by atoms with Crippen LogP contribution in [0.15, 0.2) is 53.4 Å². The number of fused-ring (bicyclic) bond motifs is 1. The van der Waals surface area contributed by atoms with Crippen molar-refractivity contribution in [2.24, 2.45) is 0 Å². The van der Waals surface area contributed by atoms with E-state index in [2.05, 4.69) is 5.32 Å². The lowest BCUT2D eigenvalue weighted by molar-refractivity contribution is -0.125. The number of carbonyl (C=O) groups excluding carboxylic acids is 1. The molecule has 2 aromatic carbocycles. The summed E-state index contributed by atoms with van der Waals surface area (Å²) in [5, 5.41) is 2.86. The van der Waals surface area contributed by atoms with Crippen molar-refractivity contribution in [3.05, 3.63) is 65.2 Å². The number of benzene rings is 2. The lowest BCUT2D eigenvalue weighted by atomic mass is 9.95. The molecule has 0 unspecified atom stereocenters. The maximum Gasteiger partial charge on any atom is 0.244 e. The Morgan fingerprint density at radius 1 is 1.08 bits per heavy atom. The Bertz CT molecular complexity index is 905. The molecular weight excluding hydrogens is 348 g/mol. The Kier molecular flexibility index (Phi) is 5.16. The van der Waals surface area contributed by atoms with E-state index in [1.807, 2.05) is 45.0 Å². The van der Waals surface area contributed by atoms with Crippen molar-refractivity contribution < 1.29 is 13.2 Å². The second-order valence-electron chi connectivity index (χ2n) is 7.02. The van der Waals surface area contributed by atoms with Gasteiger partial charge < -0.3 is 5.32 Å². The normalized spacial score (nSPS) is 17.8. The molecule has 3 rings (SSSR count). The van der Waals surface area contributed by atoms with Crippen LogP contribution in [-0.2, 0) is 27.8 Å². The minimum atomic E-state index is -3.78. The number of hydrogen-bond acceptors (Lipinski definition) is 3. The molecule has 0 bridgehead atoms. The van der Waals surface area contributed by atoms with Crippen LogP contribution in [-0.4, -0.2) is 30.7 Å². The largest absolute Gasteiger partial charge is 0.353 e. The van der Waals surface area contributed by atoms with Gasteiger partial charge in [-0.25, -0.2) is 8.42 Å². The van der Waals surface area contributed by atoms with Gasteiger partial charge in [0.15, 0.2) is 0 Å². The van der Waals surface area contributed by atoms with E-state index in [-0.39, 0.29) is 23.4 Å². The van der Waals surface area contributed by atoms with Crippen LogP contribution in [0.25, 0.3) is 0 Å². The SMILES string of the molecule is Cc1ccc(S(=O)(=O)N2Cc3ccccc3C[C@@H]2C(=O)NC(C)C)cc1. The zero-order valence-corrected chi connectivity index (χ0v) is 16.1. The van der Waals surface area contributed by atoms with E-state index in [1.54, 1.807) is 24.3 Å². The van der Waals surface area contributed by atoms with Crippen molar-refractivity contribution in [3.63, 3.8) is 0 Å². The number of hydrogen-bond donors (Lipinski definition) is 1. The van der Waals surface area contributed by atoms with E-state index < -0.39 is 16.1 Å². The molecule has 0 aromatic heterocycles. The van der Waals surface area contributed by atoms with Gasteiger partial charge in [0.05, 0.1) is 4.90 Å².